The highest BCUT2D eigenvalue weighted by atomic mass is 79.9. The number of aromatic nitrogens is 1. The Hall–Kier alpha value is -1.59. The van der Waals surface area contributed by atoms with Crippen molar-refractivity contribution in [2.24, 2.45) is 0 Å². The van der Waals surface area contributed by atoms with Crippen LogP contribution in [-0.4, -0.2) is 17.4 Å². The van der Waals surface area contributed by atoms with Crippen molar-refractivity contribution in [3.8, 4) is 0 Å². The standard InChI is InChI=1S/C15H13BrN2OS/c16-12-6-8-20-14(12)15(19)17-7-5-10-9-18-13-4-2-1-3-11(10)13/h1-4,6,8-9,18H,5,7H2,(H,17,19). The van der Waals surface area contributed by atoms with Crippen molar-refractivity contribution in [1.29, 1.82) is 0 Å². The molecule has 2 N–H and O–H groups in total. The van der Waals surface area contributed by atoms with E-state index < -0.39 is 0 Å². The van der Waals surface area contributed by atoms with Gasteiger partial charge in [0, 0.05) is 28.1 Å². The van der Waals surface area contributed by atoms with E-state index in [1.807, 2.05) is 29.8 Å². The molecule has 0 atom stereocenters. The molecule has 0 radical (unpaired) electrons. The van der Waals surface area contributed by atoms with Crippen LogP contribution >= 0.6 is 27.3 Å². The first-order chi connectivity index (χ1) is 9.75. The molecule has 2 aromatic heterocycles. The fourth-order valence-corrected chi connectivity index (χ4v) is 3.65. The molecule has 2 heterocycles. The Balaban J connectivity index is 1.63. The summed E-state index contributed by atoms with van der Waals surface area (Å²) >= 11 is 4.82. The third kappa shape index (κ3) is 2.64. The van der Waals surface area contributed by atoms with Crippen LogP contribution in [-0.2, 0) is 6.42 Å². The van der Waals surface area contributed by atoms with E-state index in [0.717, 1.165) is 21.3 Å². The SMILES string of the molecule is O=C(NCCc1c[nH]c2ccccc12)c1sccc1Br. The number of amides is 1. The lowest BCUT2D eigenvalue weighted by Gasteiger charge is -2.03. The second-order valence-corrected chi connectivity index (χ2v) is 6.23. The normalized spacial score (nSPS) is 10.8. The molecular formula is C15H13BrN2OS. The van der Waals surface area contributed by atoms with E-state index in [1.54, 1.807) is 0 Å². The van der Waals surface area contributed by atoms with E-state index in [0.29, 0.717) is 6.54 Å². The Morgan fingerprint density at radius 1 is 1.30 bits per heavy atom. The summed E-state index contributed by atoms with van der Waals surface area (Å²) in [4.78, 5) is 16.0. The smallest absolute Gasteiger partial charge is 0.262 e. The molecule has 1 amide bonds. The summed E-state index contributed by atoms with van der Waals surface area (Å²) in [5, 5.41) is 6.08. The van der Waals surface area contributed by atoms with Gasteiger partial charge in [-0.15, -0.1) is 11.3 Å². The first-order valence-corrected chi connectivity index (χ1v) is 7.99. The monoisotopic (exact) mass is 348 g/mol. The predicted octanol–water partition coefficient (Wildman–Crippen LogP) is 3.96. The molecule has 1 aromatic carbocycles. The number of benzene rings is 1. The number of hydrogen-bond donors (Lipinski definition) is 2. The van der Waals surface area contributed by atoms with Crippen LogP contribution in [0.5, 0.6) is 0 Å². The molecule has 102 valence electrons. The largest absolute Gasteiger partial charge is 0.361 e. The number of H-pyrrole nitrogens is 1. The summed E-state index contributed by atoms with van der Waals surface area (Å²) in [7, 11) is 0. The van der Waals surface area contributed by atoms with Gasteiger partial charge in [-0.1, -0.05) is 18.2 Å². The van der Waals surface area contributed by atoms with E-state index >= 15 is 0 Å². The van der Waals surface area contributed by atoms with E-state index in [2.05, 4.69) is 38.4 Å². The Morgan fingerprint density at radius 3 is 2.95 bits per heavy atom. The number of nitrogens with one attached hydrogen (secondary N) is 2. The van der Waals surface area contributed by atoms with Gasteiger partial charge in [-0.05, 0) is 45.4 Å². The van der Waals surface area contributed by atoms with Gasteiger partial charge in [0.2, 0.25) is 0 Å². The van der Waals surface area contributed by atoms with Crippen molar-refractivity contribution >= 4 is 44.1 Å². The molecule has 0 aliphatic rings. The maximum absolute atomic E-state index is 12.0. The minimum Gasteiger partial charge on any atom is -0.361 e. The number of rotatable bonds is 4. The average molecular weight is 349 g/mol. The fourth-order valence-electron chi connectivity index (χ4n) is 2.19. The summed E-state index contributed by atoms with van der Waals surface area (Å²) in [5.74, 6) is -0.0216. The molecule has 0 saturated carbocycles. The molecule has 0 fully saturated rings. The molecule has 0 saturated heterocycles. The lowest BCUT2D eigenvalue weighted by molar-refractivity contribution is 0.0957. The zero-order valence-corrected chi connectivity index (χ0v) is 13.1. The number of thiophene rings is 1. The first kappa shape index (κ1) is 13.4. The third-order valence-corrected chi connectivity index (χ3v) is 5.01. The van der Waals surface area contributed by atoms with Crippen LogP contribution in [0, 0.1) is 0 Å². The molecule has 3 rings (SSSR count). The molecule has 3 aromatic rings. The van der Waals surface area contributed by atoms with Crippen molar-refractivity contribution in [1.82, 2.24) is 10.3 Å². The number of carbonyl (C=O) groups is 1. The molecule has 0 aliphatic carbocycles. The minimum absolute atomic E-state index is 0.0216. The Kier molecular flexibility index (Phi) is 3.89. The molecule has 0 bridgehead atoms. The fraction of sp³-hybridized carbons (Fsp3) is 0.133. The lowest BCUT2D eigenvalue weighted by Crippen LogP contribution is -2.25. The summed E-state index contributed by atoms with van der Waals surface area (Å²) in [6.45, 7) is 0.630. The zero-order valence-electron chi connectivity index (χ0n) is 10.7. The number of hydrogen-bond acceptors (Lipinski definition) is 2. The van der Waals surface area contributed by atoms with Crippen LogP contribution in [0.25, 0.3) is 10.9 Å². The summed E-state index contributed by atoms with van der Waals surface area (Å²) in [6.07, 6.45) is 2.83. The van der Waals surface area contributed by atoms with Crippen LogP contribution in [0.1, 0.15) is 15.2 Å². The van der Waals surface area contributed by atoms with E-state index in [1.165, 1.54) is 22.3 Å². The van der Waals surface area contributed by atoms with Crippen molar-refractivity contribution < 1.29 is 4.79 Å². The highest BCUT2D eigenvalue weighted by molar-refractivity contribution is 9.10. The van der Waals surface area contributed by atoms with Crippen molar-refractivity contribution in [3.05, 3.63) is 56.8 Å². The zero-order chi connectivity index (χ0) is 13.9. The average Bonchev–Trinajstić information content (AvgIpc) is 3.05. The maximum Gasteiger partial charge on any atom is 0.262 e. The van der Waals surface area contributed by atoms with Crippen LogP contribution in [0.3, 0.4) is 0 Å². The summed E-state index contributed by atoms with van der Waals surface area (Å²) in [5.41, 5.74) is 2.36. The molecule has 20 heavy (non-hydrogen) atoms. The molecule has 5 heteroatoms. The third-order valence-electron chi connectivity index (χ3n) is 3.18. The van der Waals surface area contributed by atoms with Gasteiger partial charge in [0.25, 0.3) is 5.91 Å². The van der Waals surface area contributed by atoms with Gasteiger partial charge in [0.05, 0.1) is 0 Å². The predicted molar refractivity (Wildman–Crippen MR) is 86.4 cm³/mol. The number of para-hydroxylation sites is 1. The Labute approximate surface area is 129 Å². The highest BCUT2D eigenvalue weighted by Gasteiger charge is 2.11. The molecule has 0 aliphatic heterocycles. The van der Waals surface area contributed by atoms with Crippen molar-refractivity contribution in [2.75, 3.05) is 6.54 Å². The molecule has 0 spiro atoms. The van der Waals surface area contributed by atoms with Gasteiger partial charge >= 0.3 is 0 Å². The number of aromatic amines is 1. The molecule has 3 nitrogen and oxygen atoms in total. The Bertz CT molecular complexity index is 747. The minimum atomic E-state index is -0.0216. The summed E-state index contributed by atoms with van der Waals surface area (Å²) in [6, 6.07) is 10.1. The summed E-state index contributed by atoms with van der Waals surface area (Å²) < 4.78 is 0.854. The Morgan fingerprint density at radius 2 is 2.15 bits per heavy atom. The van der Waals surface area contributed by atoms with Crippen molar-refractivity contribution in [2.45, 2.75) is 6.42 Å². The topological polar surface area (TPSA) is 44.9 Å². The lowest BCUT2D eigenvalue weighted by atomic mass is 10.1. The van der Waals surface area contributed by atoms with E-state index in [4.69, 9.17) is 0 Å². The molecular weight excluding hydrogens is 336 g/mol. The van der Waals surface area contributed by atoms with Crippen LogP contribution in [0.15, 0.2) is 46.4 Å². The van der Waals surface area contributed by atoms with E-state index in [9.17, 15) is 4.79 Å². The number of fused-ring (bicyclic) bond motifs is 1. The number of carbonyl (C=O) groups excluding carboxylic acids is 1. The van der Waals surface area contributed by atoms with Crippen molar-refractivity contribution in [3.63, 3.8) is 0 Å². The molecule has 0 unspecified atom stereocenters. The van der Waals surface area contributed by atoms with Gasteiger partial charge in [-0.2, -0.15) is 0 Å². The van der Waals surface area contributed by atoms with Crippen LogP contribution < -0.4 is 5.32 Å². The quantitative estimate of drug-likeness (QED) is 0.736. The van der Waals surface area contributed by atoms with Gasteiger partial charge in [0.15, 0.2) is 0 Å². The highest BCUT2D eigenvalue weighted by Crippen LogP contribution is 2.22. The van der Waals surface area contributed by atoms with Crippen LogP contribution in [0.2, 0.25) is 0 Å². The van der Waals surface area contributed by atoms with Gasteiger partial charge < -0.3 is 10.3 Å². The maximum atomic E-state index is 12.0. The second-order valence-electron chi connectivity index (χ2n) is 4.46. The first-order valence-electron chi connectivity index (χ1n) is 6.32. The van der Waals surface area contributed by atoms with Crippen LogP contribution in [0.4, 0.5) is 0 Å². The van der Waals surface area contributed by atoms with Gasteiger partial charge in [0.1, 0.15) is 4.88 Å². The van der Waals surface area contributed by atoms with E-state index in [-0.39, 0.29) is 5.91 Å². The number of halogens is 1. The van der Waals surface area contributed by atoms with Gasteiger partial charge in [-0.25, -0.2) is 0 Å². The second kappa shape index (κ2) is 5.81. The van der Waals surface area contributed by atoms with Gasteiger partial charge in [-0.3, -0.25) is 4.79 Å².